The first kappa shape index (κ1) is 21.9. The van der Waals surface area contributed by atoms with Crippen molar-refractivity contribution in [1.29, 1.82) is 5.26 Å². The summed E-state index contributed by atoms with van der Waals surface area (Å²) in [5.41, 5.74) is 2.00. The molecular formula is C22H31N5O3. The van der Waals surface area contributed by atoms with Crippen LogP contribution in [0.25, 0.3) is 0 Å². The van der Waals surface area contributed by atoms with Crippen LogP contribution in [0.3, 0.4) is 0 Å². The molecule has 3 rings (SSSR count). The molecule has 1 aliphatic heterocycles. The first-order valence-corrected chi connectivity index (χ1v) is 10.6. The van der Waals surface area contributed by atoms with Crippen LogP contribution in [0.2, 0.25) is 0 Å². The highest BCUT2D eigenvalue weighted by atomic mass is 16.2. The van der Waals surface area contributed by atoms with Gasteiger partial charge in [0.15, 0.2) is 0 Å². The topological polar surface area (TPSA) is 127 Å². The average Bonchev–Trinajstić information content (AvgIpc) is 3.36. The van der Waals surface area contributed by atoms with Crippen molar-refractivity contribution in [1.82, 2.24) is 20.9 Å². The summed E-state index contributed by atoms with van der Waals surface area (Å²) >= 11 is 0. The molecule has 1 aliphatic carbocycles. The summed E-state index contributed by atoms with van der Waals surface area (Å²) in [5.74, 6) is -0.701. The van der Waals surface area contributed by atoms with Crippen molar-refractivity contribution < 1.29 is 14.4 Å². The lowest BCUT2D eigenvalue weighted by atomic mass is 9.92. The van der Waals surface area contributed by atoms with Crippen LogP contribution in [0.15, 0.2) is 6.07 Å². The van der Waals surface area contributed by atoms with Crippen LogP contribution in [0.5, 0.6) is 0 Å². The number of hydrogen-bond acceptors (Lipinski definition) is 4. The summed E-state index contributed by atoms with van der Waals surface area (Å²) in [6.07, 6.45) is 3.51. The Labute approximate surface area is 177 Å². The summed E-state index contributed by atoms with van der Waals surface area (Å²) in [6.45, 7) is 7.68. The number of carbonyl (C=O) groups is 3. The smallest absolute Gasteiger partial charge is 0.268 e. The molecule has 0 bridgehead atoms. The second-order valence-corrected chi connectivity index (χ2v) is 9.40. The number of aryl methyl sites for hydroxylation is 2. The van der Waals surface area contributed by atoms with Crippen LogP contribution in [0, 0.1) is 37.0 Å². The number of amides is 3. The lowest BCUT2D eigenvalue weighted by Crippen LogP contribution is -2.50. The van der Waals surface area contributed by atoms with E-state index in [1.165, 1.54) is 0 Å². The zero-order chi connectivity index (χ0) is 22.1. The van der Waals surface area contributed by atoms with E-state index in [0.29, 0.717) is 24.5 Å². The van der Waals surface area contributed by atoms with E-state index >= 15 is 0 Å². The standard InChI is InChI=1S/C22H31N5O3/c1-12-7-17(24-13(12)2)21(30)26-18(8-14-5-6-14)20(29)25-16(11-23)9-15-10-22(3,4)27-19(15)28/h7,14-16,18,24H,5-6,8-10H2,1-4H3,(H,25,29)(H,26,30)(H,27,28)/t15-,16+,18+/m1/s1. The molecule has 2 heterocycles. The van der Waals surface area contributed by atoms with E-state index in [1.54, 1.807) is 6.07 Å². The SMILES string of the molecule is Cc1cc(C(=O)N[C@@H](CC2CC2)C(=O)N[C@H](C#N)C[C@@H]2CC(C)(C)NC2=O)[nH]c1C. The lowest BCUT2D eigenvalue weighted by Gasteiger charge is -2.21. The van der Waals surface area contributed by atoms with E-state index < -0.39 is 12.1 Å². The molecule has 0 radical (unpaired) electrons. The molecule has 1 aromatic heterocycles. The Morgan fingerprint density at radius 3 is 2.47 bits per heavy atom. The third kappa shape index (κ3) is 5.41. The van der Waals surface area contributed by atoms with Crippen LogP contribution in [-0.2, 0) is 9.59 Å². The van der Waals surface area contributed by atoms with E-state index in [1.807, 2.05) is 27.7 Å². The van der Waals surface area contributed by atoms with Crippen molar-refractivity contribution in [3.8, 4) is 6.07 Å². The Morgan fingerprint density at radius 2 is 1.97 bits per heavy atom. The molecule has 30 heavy (non-hydrogen) atoms. The Morgan fingerprint density at radius 1 is 1.27 bits per heavy atom. The van der Waals surface area contributed by atoms with Crippen molar-refractivity contribution in [3.05, 3.63) is 23.0 Å². The summed E-state index contributed by atoms with van der Waals surface area (Å²) in [7, 11) is 0. The van der Waals surface area contributed by atoms with Crippen molar-refractivity contribution >= 4 is 17.7 Å². The molecule has 8 nitrogen and oxygen atoms in total. The minimum atomic E-state index is -0.782. The van der Waals surface area contributed by atoms with E-state index in [0.717, 1.165) is 24.1 Å². The lowest BCUT2D eigenvalue weighted by molar-refractivity contribution is -0.125. The highest BCUT2D eigenvalue weighted by Gasteiger charge is 2.39. The van der Waals surface area contributed by atoms with Gasteiger partial charge in [0, 0.05) is 17.2 Å². The minimum Gasteiger partial charge on any atom is -0.354 e. The maximum atomic E-state index is 12.9. The zero-order valence-electron chi connectivity index (χ0n) is 18.1. The largest absolute Gasteiger partial charge is 0.354 e. The molecule has 3 amide bonds. The van der Waals surface area contributed by atoms with Crippen molar-refractivity contribution in [2.75, 3.05) is 0 Å². The Balaban J connectivity index is 1.63. The Bertz CT molecular complexity index is 858. The van der Waals surface area contributed by atoms with Gasteiger partial charge in [-0.25, -0.2) is 0 Å². The summed E-state index contributed by atoms with van der Waals surface area (Å²) < 4.78 is 0. The number of hydrogen-bond donors (Lipinski definition) is 4. The third-order valence-corrected chi connectivity index (χ3v) is 5.99. The molecule has 1 saturated heterocycles. The predicted molar refractivity (Wildman–Crippen MR) is 111 cm³/mol. The second kappa shape index (κ2) is 8.50. The summed E-state index contributed by atoms with van der Waals surface area (Å²) in [6, 6.07) is 2.36. The highest BCUT2D eigenvalue weighted by Crippen LogP contribution is 2.34. The van der Waals surface area contributed by atoms with Crippen molar-refractivity contribution in [2.45, 2.75) is 77.4 Å². The van der Waals surface area contributed by atoms with Gasteiger partial charge >= 0.3 is 0 Å². The fourth-order valence-electron chi connectivity index (χ4n) is 4.02. The van der Waals surface area contributed by atoms with Gasteiger partial charge in [-0.05, 0) is 64.5 Å². The molecule has 4 N–H and O–H groups in total. The molecule has 1 saturated carbocycles. The van der Waals surface area contributed by atoms with Gasteiger partial charge in [-0.1, -0.05) is 12.8 Å². The quantitative estimate of drug-likeness (QED) is 0.519. The van der Waals surface area contributed by atoms with Crippen LogP contribution in [-0.4, -0.2) is 40.3 Å². The molecule has 162 valence electrons. The molecule has 2 fully saturated rings. The van der Waals surface area contributed by atoms with Crippen LogP contribution < -0.4 is 16.0 Å². The molecule has 0 spiro atoms. The maximum Gasteiger partial charge on any atom is 0.268 e. The van der Waals surface area contributed by atoms with Gasteiger partial charge in [0.2, 0.25) is 11.8 Å². The van der Waals surface area contributed by atoms with Gasteiger partial charge in [-0.2, -0.15) is 5.26 Å². The second-order valence-electron chi connectivity index (χ2n) is 9.40. The summed E-state index contributed by atoms with van der Waals surface area (Å²) in [4.78, 5) is 40.7. The number of nitrogens with one attached hydrogen (secondary N) is 4. The van der Waals surface area contributed by atoms with E-state index in [9.17, 15) is 19.6 Å². The molecule has 0 unspecified atom stereocenters. The van der Waals surface area contributed by atoms with Gasteiger partial charge in [-0.15, -0.1) is 0 Å². The van der Waals surface area contributed by atoms with E-state index in [2.05, 4.69) is 27.0 Å². The van der Waals surface area contributed by atoms with E-state index in [4.69, 9.17) is 0 Å². The number of aromatic amines is 1. The fourth-order valence-corrected chi connectivity index (χ4v) is 4.02. The highest BCUT2D eigenvalue weighted by molar-refractivity contribution is 5.96. The fraction of sp³-hybridized carbons (Fsp3) is 0.636. The molecule has 3 atom stereocenters. The first-order valence-electron chi connectivity index (χ1n) is 10.6. The third-order valence-electron chi connectivity index (χ3n) is 5.99. The van der Waals surface area contributed by atoms with Crippen LogP contribution >= 0.6 is 0 Å². The van der Waals surface area contributed by atoms with Gasteiger partial charge < -0.3 is 20.9 Å². The number of carbonyl (C=O) groups excluding carboxylic acids is 3. The number of nitriles is 1. The number of aromatic nitrogens is 1. The van der Waals surface area contributed by atoms with Crippen LogP contribution in [0.1, 0.15) is 67.7 Å². The molecule has 0 aromatic carbocycles. The zero-order valence-corrected chi connectivity index (χ0v) is 18.1. The van der Waals surface area contributed by atoms with Gasteiger partial charge in [0.25, 0.3) is 5.91 Å². The molecular weight excluding hydrogens is 382 g/mol. The maximum absolute atomic E-state index is 12.9. The normalized spacial score (nSPS) is 22.0. The summed E-state index contributed by atoms with van der Waals surface area (Å²) in [5, 5.41) is 18.0. The Kier molecular flexibility index (Phi) is 6.20. The van der Waals surface area contributed by atoms with Gasteiger partial charge in [0.1, 0.15) is 17.8 Å². The van der Waals surface area contributed by atoms with Crippen molar-refractivity contribution in [2.24, 2.45) is 11.8 Å². The minimum absolute atomic E-state index is 0.0881. The number of H-pyrrole nitrogens is 1. The van der Waals surface area contributed by atoms with Crippen LogP contribution in [0.4, 0.5) is 0 Å². The first-order chi connectivity index (χ1) is 14.1. The predicted octanol–water partition coefficient (Wildman–Crippen LogP) is 1.84. The number of nitrogens with zero attached hydrogens (tertiary/aromatic N) is 1. The number of rotatable bonds is 8. The molecule has 8 heteroatoms. The van der Waals surface area contributed by atoms with E-state index in [-0.39, 0.29) is 35.6 Å². The van der Waals surface area contributed by atoms with Gasteiger partial charge in [0.05, 0.1) is 6.07 Å². The monoisotopic (exact) mass is 413 g/mol. The molecule has 1 aromatic rings. The van der Waals surface area contributed by atoms with Gasteiger partial charge in [-0.3, -0.25) is 14.4 Å². The Hall–Kier alpha value is -2.82. The van der Waals surface area contributed by atoms with Crippen molar-refractivity contribution in [3.63, 3.8) is 0 Å². The average molecular weight is 414 g/mol. The molecule has 2 aliphatic rings.